The molecule has 0 aliphatic rings. The average Bonchev–Trinajstić information content (AvgIpc) is 2.47. The van der Waals surface area contributed by atoms with Crippen molar-refractivity contribution in [1.82, 2.24) is 10.3 Å². The van der Waals surface area contributed by atoms with E-state index >= 15 is 0 Å². The van der Waals surface area contributed by atoms with E-state index < -0.39 is 0 Å². The van der Waals surface area contributed by atoms with Crippen molar-refractivity contribution >= 4 is 15.9 Å². The topological polar surface area (TPSA) is 34.1 Å². The third kappa shape index (κ3) is 5.48. The highest BCUT2D eigenvalue weighted by atomic mass is 79.9. The van der Waals surface area contributed by atoms with Crippen molar-refractivity contribution in [2.75, 3.05) is 6.54 Å². The van der Waals surface area contributed by atoms with Crippen molar-refractivity contribution in [3.8, 4) is 5.75 Å². The lowest BCUT2D eigenvalue weighted by atomic mass is 10.1. The van der Waals surface area contributed by atoms with Crippen LogP contribution in [0, 0.1) is 5.92 Å². The zero-order valence-corrected chi connectivity index (χ0v) is 14.1. The normalized spacial score (nSPS) is 10.9. The number of aromatic nitrogens is 1. The lowest BCUT2D eigenvalue weighted by Crippen LogP contribution is -2.18. The van der Waals surface area contributed by atoms with Gasteiger partial charge in [0.25, 0.3) is 0 Å². The number of nitrogens with zero attached hydrogens (tertiary/aromatic N) is 1. The van der Waals surface area contributed by atoms with Crippen molar-refractivity contribution < 1.29 is 4.74 Å². The Morgan fingerprint density at radius 2 is 2.14 bits per heavy atom. The fraction of sp³-hybridized carbons (Fsp3) is 0.353. The summed E-state index contributed by atoms with van der Waals surface area (Å²) in [4.78, 5) is 4.04. The number of pyridine rings is 1. The van der Waals surface area contributed by atoms with E-state index in [1.807, 2.05) is 12.1 Å². The van der Waals surface area contributed by atoms with Crippen LogP contribution >= 0.6 is 15.9 Å². The smallest absolute Gasteiger partial charge is 0.138 e. The van der Waals surface area contributed by atoms with Gasteiger partial charge in [-0.25, -0.2) is 0 Å². The second-order valence-corrected chi connectivity index (χ2v) is 6.28. The Balaban J connectivity index is 1.90. The Kier molecular flexibility index (Phi) is 6.21. The van der Waals surface area contributed by atoms with Crippen molar-refractivity contribution in [3.05, 3.63) is 58.3 Å². The Morgan fingerprint density at radius 1 is 1.29 bits per heavy atom. The van der Waals surface area contributed by atoms with E-state index in [4.69, 9.17) is 4.74 Å². The highest BCUT2D eigenvalue weighted by Crippen LogP contribution is 2.20. The minimum absolute atomic E-state index is 0.534. The van der Waals surface area contributed by atoms with E-state index in [0.29, 0.717) is 12.5 Å². The number of hydrogen-bond acceptors (Lipinski definition) is 3. The molecule has 0 fully saturated rings. The molecular weight excluding hydrogens is 328 g/mol. The van der Waals surface area contributed by atoms with Gasteiger partial charge in [0.15, 0.2) is 0 Å². The predicted molar refractivity (Wildman–Crippen MR) is 89.3 cm³/mol. The molecule has 0 aliphatic heterocycles. The molecule has 2 aromatic rings. The van der Waals surface area contributed by atoms with Gasteiger partial charge in [0, 0.05) is 22.8 Å². The standard InChI is InChI=1S/C17H21BrN2O/c1-13(2)9-20-10-14-5-6-15(17(18)8-14)12-21-16-4-3-7-19-11-16/h3-8,11,13,20H,9-10,12H2,1-2H3. The number of hydrogen-bond donors (Lipinski definition) is 1. The van der Waals surface area contributed by atoms with Crippen LogP contribution in [0.2, 0.25) is 0 Å². The minimum atomic E-state index is 0.534. The largest absolute Gasteiger partial charge is 0.487 e. The predicted octanol–water partition coefficient (Wildman–Crippen LogP) is 4.17. The van der Waals surface area contributed by atoms with Gasteiger partial charge < -0.3 is 10.1 Å². The summed E-state index contributed by atoms with van der Waals surface area (Å²) in [7, 11) is 0. The van der Waals surface area contributed by atoms with E-state index in [0.717, 1.165) is 28.9 Å². The maximum Gasteiger partial charge on any atom is 0.138 e. The van der Waals surface area contributed by atoms with Gasteiger partial charge in [-0.15, -0.1) is 0 Å². The molecule has 1 aromatic carbocycles. The minimum Gasteiger partial charge on any atom is -0.487 e. The van der Waals surface area contributed by atoms with Crippen LogP contribution in [0.5, 0.6) is 5.75 Å². The first-order valence-corrected chi connectivity index (χ1v) is 7.95. The summed E-state index contributed by atoms with van der Waals surface area (Å²) >= 11 is 3.62. The number of rotatable bonds is 7. The zero-order chi connectivity index (χ0) is 15.1. The molecule has 0 bridgehead atoms. The quantitative estimate of drug-likeness (QED) is 0.815. The molecule has 0 spiro atoms. The summed E-state index contributed by atoms with van der Waals surface area (Å²) in [6.45, 7) is 6.87. The van der Waals surface area contributed by atoms with Gasteiger partial charge >= 0.3 is 0 Å². The Labute approximate surface area is 134 Å². The van der Waals surface area contributed by atoms with Crippen LogP contribution in [0.15, 0.2) is 47.2 Å². The molecule has 0 aliphatic carbocycles. The summed E-state index contributed by atoms with van der Waals surface area (Å²) in [5.74, 6) is 1.45. The average molecular weight is 349 g/mol. The summed E-state index contributed by atoms with van der Waals surface area (Å²) in [6, 6.07) is 10.2. The molecule has 0 saturated carbocycles. The molecule has 2 rings (SSSR count). The van der Waals surface area contributed by atoms with Gasteiger partial charge in [-0.3, -0.25) is 4.98 Å². The van der Waals surface area contributed by atoms with E-state index in [1.165, 1.54) is 5.56 Å². The maximum atomic E-state index is 5.72. The maximum absolute atomic E-state index is 5.72. The fourth-order valence-electron chi connectivity index (χ4n) is 1.92. The summed E-state index contributed by atoms with van der Waals surface area (Å²) in [6.07, 6.45) is 3.46. The molecule has 1 heterocycles. The van der Waals surface area contributed by atoms with Gasteiger partial charge in [-0.05, 0) is 36.2 Å². The van der Waals surface area contributed by atoms with Crippen molar-refractivity contribution in [2.24, 2.45) is 5.92 Å². The lowest BCUT2D eigenvalue weighted by Gasteiger charge is -2.11. The van der Waals surface area contributed by atoms with E-state index in [-0.39, 0.29) is 0 Å². The zero-order valence-electron chi connectivity index (χ0n) is 12.5. The number of benzene rings is 1. The van der Waals surface area contributed by atoms with Gasteiger partial charge in [0.2, 0.25) is 0 Å². The first-order valence-electron chi connectivity index (χ1n) is 7.16. The number of ether oxygens (including phenoxy) is 1. The monoisotopic (exact) mass is 348 g/mol. The van der Waals surface area contributed by atoms with Crippen LogP contribution in [0.25, 0.3) is 0 Å². The van der Waals surface area contributed by atoms with Crippen molar-refractivity contribution in [3.63, 3.8) is 0 Å². The second kappa shape index (κ2) is 8.15. The highest BCUT2D eigenvalue weighted by Gasteiger charge is 2.03. The summed E-state index contributed by atoms with van der Waals surface area (Å²) < 4.78 is 6.80. The van der Waals surface area contributed by atoms with Crippen LogP contribution < -0.4 is 10.1 Å². The molecule has 21 heavy (non-hydrogen) atoms. The number of nitrogens with one attached hydrogen (secondary N) is 1. The molecule has 0 amide bonds. The third-order valence-electron chi connectivity index (χ3n) is 3.03. The SMILES string of the molecule is CC(C)CNCc1ccc(COc2cccnc2)c(Br)c1. The fourth-order valence-corrected chi connectivity index (χ4v) is 2.46. The molecular formula is C17H21BrN2O. The Morgan fingerprint density at radius 3 is 2.81 bits per heavy atom. The second-order valence-electron chi connectivity index (χ2n) is 5.43. The van der Waals surface area contributed by atoms with E-state index in [9.17, 15) is 0 Å². The van der Waals surface area contributed by atoms with Crippen LogP contribution in [0.3, 0.4) is 0 Å². The summed E-state index contributed by atoms with van der Waals surface area (Å²) in [5.41, 5.74) is 2.40. The molecule has 0 atom stereocenters. The van der Waals surface area contributed by atoms with Crippen molar-refractivity contribution in [1.29, 1.82) is 0 Å². The van der Waals surface area contributed by atoms with Gasteiger partial charge in [-0.2, -0.15) is 0 Å². The first-order chi connectivity index (χ1) is 10.1. The molecule has 1 aromatic heterocycles. The molecule has 4 heteroatoms. The Hall–Kier alpha value is -1.39. The first kappa shape index (κ1) is 16.0. The van der Waals surface area contributed by atoms with Gasteiger partial charge in [0.05, 0.1) is 6.20 Å². The Bertz CT molecular complexity index is 558. The molecule has 1 N–H and O–H groups in total. The van der Waals surface area contributed by atoms with Crippen LogP contribution in [-0.4, -0.2) is 11.5 Å². The third-order valence-corrected chi connectivity index (χ3v) is 3.77. The molecule has 0 saturated heterocycles. The highest BCUT2D eigenvalue weighted by molar-refractivity contribution is 9.10. The van der Waals surface area contributed by atoms with E-state index in [1.54, 1.807) is 12.4 Å². The van der Waals surface area contributed by atoms with Crippen LogP contribution in [0.4, 0.5) is 0 Å². The van der Waals surface area contributed by atoms with E-state index in [2.05, 4.69) is 58.3 Å². The molecule has 112 valence electrons. The van der Waals surface area contributed by atoms with Gasteiger partial charge in [0.1, 0.15) is 12.4 Å². The lowest BCUT2D eigenvalue weighted by molar-refractivity contribution is 0.304. The molecule has 0 unspecified atom stereocenters. The molecule has 0 radical (unpaired) electrons. The molecule has 3 nitrogen and oxygen atoms in total. The summed E-state index contributed by atoms with van der Waals surface area (Å²) in [5, 5.41) is 3.45. The number of halogens is 1. The van der Waals surface area contributed by atoms with Crippen molar-refractivity contribution in [2.45, 2.75) is 27.0 Å². The van der Waals surface area contributed by atoms with Crippen LogP contribution in [0.1, 0.15) is 25.0 Å². The van der Waals surface area contributed by atoms with Gasteiger partial charge in [-0.1, -0.05) is 41.9 Å². The van der Waals surface area contributed by atoms with Crippen LogP contribution in [-0.2, 0) is 13.2 Å².